The summed E-state index contributed by atoms with van der Waals surface area (Å²) in [4.78, 5) is 5.76. The summed E-state index contributed by atoms with van der Waals surface area (Å²) in [7, 11) is 0. The lowest BCUT2D eigenvalue weighted by Gasteiger charge is -2.26. The molecule has 0 aliphatic rings. The zero-order chi connectivity index (χ0) is 14.0. The van der Waals surface area contributed by atoms with E-state index in [4.69, 9.17) is 5.73 Å². The van der Waals surface area contributed by atoms with E-state index in [9.17, 15) is 0 Å². The van der Waals surface area contributed by atoms with Crippen LogP contribution < -0.4 is 5.73 Å². The molecule has 0 radical (unpaired) electrons. The summed E-state index contributed by atoms with van der Waals surface area (Å²) in [6.07, 6.45) is 4.85. The van der Waals surface area contributed by atoms with Gasteiger partial charge in [-0.3, -0.25) is 0 Å². The minimum absolute atomic E-state index is 0.0947. The highest BCUT2D eigenvalue weighted by Gasteiger charge is 2.24. The van der Waals surface area contributed by atoms with Crippen LogP contribution in [-0.4, -0.2) is 15.6 Å². The average Bonchev–Trinajstić information content (AvgIpc) is 2.99. The Balaban J connectivity index is 2.46. The first-order valence-electron chi connectivity index (χ1n) is 6.58. The molecular weight excluding hydrogens is 322 g/mol. The van der Waals surface area contributed by atoms with Crippen molar-refractivity contribution < 1.29 is 0 Å². The number of nitrogens with zero attached hydrogens (tertiary/aromatic N) is 2. The number of halogens is 1. The average molecular weight is 342 g/mol. The summed E-state index contributed by atoms with van der Waals surface area (Å²) in [6.45, 7) is 6.46. The van der Waals surface area contributed by atoms with Gasteiger partial charge in [-0.1, -0.05) is 20.8 Å². The molecule has 0 spiro atoms. The molecule has 2 aromatic rings. The number of imidazole rings is 1. The molecular formula is C14H20BrN3S. The Kier molecular flexibility index (Phi) is 4.81. The Morgan fingerprint density at radius 1 is 1.42 bits per heavy atom. The lowest BCUT2D eigenvalue weighted by molar-refractivity contribution is 0.445. The van der Waals surface area contributed by atoms with Crippen LogP contribution in [0.25, 0.3) is 0 Å². The highest BCUT2D eigenvalue weighted by Crippen LogP contribution is 2.33. The molecule has 0 amide bonds. The van der Waals surface area contributed by atoms with Crippen LogP contribution in [-0.2, 0) is 0 Å². The predicted octanol–water partition coefficient (Wildman–Crippen LogP) is 4.16. The number of thiophene rings is 1. The predicted molar refractivity (Wildman–Crippen MR) is 84.7 cm³/mol. The van der Waals surface area contributed by atoms with E-state index in [0.717, 1.165) is 16.0 Å². The van der Waals surface area contributed by atoms with E-state index in [2.05, 4.69) is 58.4 Å². The van der Waals surface area contributed by atoms with Crippen LogP contribution in [0.2, 0.25) is 0 Å². The van der Waals surface area contributed by atoms with Crippen molar-refractivity contribution in [3.8, 4) is 0 Å². The molecule has 2 unspecified atom stereocenters. The maximum absolute atomic E-state index is 6.36. The fourth-order valence-corrected chi connectivity index (χ4v) is 3.87. The third kappa shape index (κ3) is 3.09. The molecule has 0 saturated heterocycles. The van der Waals surface area contributed by atoms with Crippen molar-refractivity contribution in [2.75, 3.05) is 0 Å². The van der Waals surface area contributed by atoms with E-state index in [1.807, 2.05) is 12.4 Å². The van der Waals surface area contributed by atoms with Crippen molar-refractivity contribution in [1.82, 2.24) is 9.55 Å². The first-order chi connectivity index (χ1) is 9.04. The quantitative estimate of drug-likeness (QED) is 0.887. The molecule has 0 aliphatic heterocycles. The van der Waals surface area contributed by atoms with Crippen molar-refractivity contribution in [3.63, 3.8) is 0 Å². The first-order valence-corrected chi connectivity index (χ1v) is 8.19. The summed E-state index contributed by atoms with van der Waals surface area (Å²) >= 11 is 5.28. The van der Waals surface area contributed by atoms with Crippen molar-refractivity contribution in [2.24, 2.45) is 5.73 Å². The van der Waals surface area contributed by atoms with E-state index in [1.165, 1.54) is 4.88 Å². The summed E-state index contributed by atoms with van der Waals surface area (Å²) in [5.74, 6) is 1.49. The van der Waals surface area contributed by atoms with Gasteiger partial charge in [-0.25, -0.2) is 4.98 Å². The maximum atomic E-state index is 6.36. The molecule has 0 fully saturated rings. The number of rotatable bonds is 5. The molecule has 0 aliphatic carbocycles. The molecule has 19 heavy (non-hydrogen) atoms. The largest absolute Gasteiger partial charge is 0.326 e. The van der Waals surface area contributed by atoms with Gasteiger partial charge in [0.05, 0.1) is 9.83 Å². The lowest BCUT2D eigenvalue weighted by atomic mass is 10.0. The zero-order valence-corrected chi connectivity index (χ0v) is 13.9. The SMILES string of the molecule is CCC(N)C(c1ccc(Br)s1)n1ccnc1C(C)C. The van der Waals surface area contributed by atoms with Crippen molar-refractivity contribution >= 4 is 27.3 Å². The van der Waals surface area contributed by atoms with Gasteiger partial charge in [0, 0.05) is 29.2 Å². The second-order valence-electron chi connectivity index (χ2n) is 5.01. The number of nitrogens with two attached hydrogens (primary N) is 1. The normalized spacial score (nSPS) is 14.8. The fourth-order valence-electron chi connectivity index (χ4n) is 2.27. The third-order valence-electron chi connectivity index (χ3n) is 3.28. The van der Waals surface area contributed by atoms with Gasteiger partial charge in [0.2, 0.25) is 0 Å². The van der Waals surface area contributed by atoms with Crippen LogP contribution in [0.15, 0.2) is 28.3 Å². The fraction of sp³-hybridized carbons (Fsp3) is 0.500. The van der Waals surface area contributed by atoms with Crippen LogP contribution >= 0.6 is 27.3 Å². The zero-order valence-electron chi connectivity index (χ0n) is 11.5. The van der Waals surface area contributed by atoms with Gasteiger partial charge in [-0.2, -0.15) is 0 Å². The summed E-state index contributed by atoms with van der Waals surface area (Å²) in [5.41, 5.74) is 6.36. The third-order valence-corrected chi connectivity index (χ3v) is 4.97. The number of aromatic nitrogens is 2. The number of hydrogen-bond acceptors (Lipinski definition) is 3. The summed E-state index contributed by atoms with van der Waals surface area (Å²) in [6, 6.07) is 4.50. The Labute approximate surface area is 127 Å². The van der Waals surface area contributed by atoms with Crippen LogP contribution in [0.5, 0.6) is 0 Å². The molecule has 2 aromatic heterocycles. The molecule has 2 rings (SSSR count). The highest BCUT2D eigenvalue weighted by atomic mass is 79.9. The summed E-state index contributed by atoms with van der Waals surface area (Å²) in [5, 5.41) is 0. The molecule has 2 N–H and O–H groups in total. The molecule has 3 nitrogen and oxygen atoms in total. The Hall–Kier alpha value is -0.650. The highest BCUT2D eigenvalue weighted by molar-refractivity contribution is 9.11. The molecule has 0 bridgehead atoms. The van der Waals surface area contributed by atoms with Crippen molar-refractivity contribution in [3.05, 3.63) is 39.0 Å². The van der Waals surface area contributed by atoms with Crippen LogP contribution in [0, 0.1) is 0 Å². The molecule has 2 atom stereocenters. The second kappa shape index (κ2) is 6.20. The minimum Gasteiger partial charge on any atom is -0.326 e. The number of hydrogen-bond donors (Lipinski definition) is 1. The van der Waals surface area contributed by atoms with E-state index < -0.39 is 0 Å². The van der Waals surface area contributed by atoms with Gasteiger partial charge in [-0.15, -0.1) is 11.3 Å². The molecule has 104 valence electrons. The Morgan fingerprint density at radius 3 is 2.68 bits per heavy atom. The maximum Gasteiger partial charge on any atom is 0.111 e. The Morgan fingerprint density at radius 2 is 2.16 bits per heavy atom. The van der Waals surface area contributed by atoms with Gasteiger partial charge >= 0.3 is 0 Å². The smallest absolute Gasteiger partial charge is 0.111 e. The van der Waals surface area contributed by atoms with Gasteiger partial charge < -0.3 is 10.3 Å². The van der Waals surface area contributed by atoms with Crippen molar-refractivity contribution in [1.29, 1.82) is 0 Å². The van der Waals surface area contributed by atoms with E-state index in [-0.39, 0.29) is 12.1 Å². The summed E-state index contributed by atoms with van der Waals surface area (Å²) < 4.78 is 3.37. The monoisotopic (exact) mass is 341 g/mol. The van der Waals surface area contributed by atoms with Crippen LogP contribution in [0.4, 0.5) is 0 Å². The topological polar surface area (TPSA) is 43.8 Å². The van der Waals surface area contributed by atoms with Gasteiger partial charge in [-0.05, 0) is 34.5 Å². The molecule has 0 saturated carbocycles. The van der Waals surface area contributed by atoms with Crippen LogP contribution in [0.3, 0.4) is 0 Å². The Bertz CT molecular complexity index is 532. The van der Waals surface area contributed by atoms with E-state index in [1.54, 1.807) is 11.3 Å². The van der Waals surface area contributed by atoms with Gasteiger partial charge in [0.15, 0.2) is 0 Å². The molecule has 5 heteroatoms. The van der Waals surface area contributed by atoms with Gasteiger partial charge in [0.1, 0.15) is 5.82 Å². The first kappa shape index (κ1) is 14.8. The van der Waals surface area contributed by atoms with Crippen LogP contribution in [0.1, 0.15) is 49.9 Å². The van der Waals surface area contributed by atoms with Gasteiger partial charge in [0.25, 0.3) is 0 Å². The lowest BCUT2D eigenvalue weighted by Crippen LogP contribution is -2.32. The molecule has 2 heterocycles. The van der Waals surface area contributed by atoms with E-state index >= 15 is 0 Å². The minimum atomic E-state index is 0.0947. The standard InChI is InChI=1S/C14H20BrN3S/c1-4-10(16)13(11-5-6-12(15)19-11)18-8-7-17-14(18)9(2)3/h5-10,13H,4,16H2,1-3H3. The van der Waals surface area contributed by atoms with Crippen molar-refractivity contribution in [2.45, 2.75) is 45.2 Å². The molecule has 0 aromatic carbocycles. The second-order valence-corrected chi connectivity index (χ2v) is 7.50. The van der Waals surface area contributed by atoms with E-state index in [0.29, 0.717) is 5.92 Å².